The van der Waals surface area contributed by atoms with Gasteiger partial charge < -0.3 is 4.90 Å². The summed E-state index contributed by atoms with van der Waals surface area (Å²) < 4.78 is 0. The highest BCUT2D eigenvalue weighted by Crippen LogP contribution is 2.39. The Labute approximate surface area is 114 Å². The van der Waals surface area contributed by atoms with E-state index in [-0.39, 0.29) is 0 Å². The molecule has 1 aromatic carbocycles. The first-order valence-corrected chi connectivity index (χ1v) is 7.42. The van der Waals surface area contributed by atoms with Crippen LogP contribution in [0.3, 0.4) is 0 Å². The van der Waals surface area contributed by atoms with Gasteiger partial charge in [0.05, 0.1) is 0 Å². The van der Waals surface area contributed by atoms with Crippen LogP contribution >= 0.6 is 0 Å². The Morgan fingerprint density at radius 2 is 1.89 bits per heavy atom. The van der Waals surface area contributed by atoms with E-state index in [1.54, 1.807) is 0 Å². The summed E-state index contributed by atoms with van der Waals surface area (Å²) in [6, 6.07) is 12.4. The Hall–Kier alpha value is -1.35. The minimum absolute atomic E-state index is 0.390. The van der Waals surface area contributed by atoms with E-state index in [1.807, 2.05) is 0 Å². The van der Waals surface area contributed by atoms with Crippen molar-refractivity contribution < 1.29 is 4.79 Å². The number of piperazine rings is 1. The van der Waals surface area contributed by atoms with Gasteiger partial charge in [-0.05, 0) is 24.8 Å². The molecule has 0 aliphatic carbocycles. The molecule has 3 atom stereocenters. The van der Waals surface area contributed by atoms with Gasteiger partial charge in [0.1, 0.15) is 0 Å². The Balaban J connectivity index is 1.57. The van der Waals surface area contributed by atoms with Crippen LogP contribution in [0.4, 0.5) is 0 Å². The van der Waals surface area contributed by atoms with E-state index in [1.165, 1.54) is 18.4 Å². The number of rotatable bonds is 2. The lowest BCUT2D eigenvalue weighted by Gasteiger charge is -2.44. The average Bonchev–Trinajstić information content (AvgIpc) is 2.93. The van der Waals surface area contributed by atoms with Crippen molar-refractivity contribution in [1.29, 1.82) is 0 Å². The Bertz CT molecular complexity index is 487. The van der Waals surface area contributed by atoms with Gasteiger partial charge in [-0.3, -0.25) is 9.69 Å². The van der Waals surface area contributed by atoms with E-state index in [4.69, 9.17) is 0 Å². The van der Waals surface area contributed by atoms with E-state index in [0.717, 1.165) is 25.9 Å². The van der Waals surface area contributed by atoms with Gasteiger partial charge >= 0.3 is 0 Å². The van der Waals surface area contributed by atoms with Gasteiger partial charge in [-0.15, -0.1) is 0 Å². The van der Waals surface area contributed by atoms with E-state index in [2.05, 4.69) is 40.1 Å². The summed E-state index contributed by atoms with van der Waals surface area (Å²) in [6.07, 6.45) is 4.37. The zero-order valence-electron chi connectivity index (χ0n) is 11.2. The first-order valence-electron chi connectivity index (χ1n) is 7.42. The topological polar surface area (TPSA) is 23.6 Å². The van der Waals surface area contributed by atoms with Gasteiger partial charge in [0.25, 0.3) is 0 Å². The van der Waals surface area contributed by atoms with Crippen molar-refractivity contribution in [2.75, 3.05) is 6.54 Å². The molecule has 0 aromatic heterocycles. The molecule has 100 valence electrons. The maximum absolute atomic E-state index is 11.9. The molecule has 0 spiro atoms. The van der Waals surface area contributed by atoms with Crippen LogP contribution in [0.25, 0.3) is 0 Å². The SMILES string of the molecule is O=C1CCC2[C@H]3CC[C@@H](CN12)N3Cc1ccccc1. The fraction of sp³-hybridized carbons (Fsp3) is 0.562. The molecule has 3 saturated heterocycles. The minimum Gasteiger partial charge on any atom is -0.337 e. The highest BCUT2D eigenvalue weighted by atomic mass is 16.2. The van der Waals surface area contributed by atoms with Gasteiger partial charge in [-0.25, -0.2) is 0 Å². The number of hydrogen-bond acceptors (Lipinski definition) is 2. The van der Waals surface area contributed by atoms with Gasteiger partial charge in [-0.2, -0.15) is 0 Å². The monoisotopic (exact) mass is 256 g/mol. The number of carbonyl (C=O) groups is 1. The second-order valence-corrected chi connectivity index (χ2v) is 6.11. The van der Waals surface area contributed by atoms with Crippen LogP contribution in [0.5, 0.6) is 0 Å². The Kier molecular flexibility index (Phi) is 2.62. The van der Waals surface area contributed by atoms with Crippen LogP contribution in [-0.2, 0) is 11.3 Å². The number of hydrogen-bond donors (Lipinski definition) is 0. The fourth-order valence-corrected chi connectivity index (χ4v) is 4.24. The molecule has 0 radical (unpaired) electrons. The van der Waals surface area contributed by atoms with Gasteiger partial charge in [0.2, 0.25) is 5.91 Å². The van der Waals surface area contributed by atoms with E-state index in [0.29, 0.717) is 24.0 Å². The molecule has 3 fully saturated rings. The largest absolute Gasteiger partial charge is 0.337 e. The predicted molar refractivity (Wildman–Crippen MR) is 73.5 cm³/mol. The molecule has 19 heavy (non-hydrogen) atoms. The van der Waals surface area contributed by atoms with Crippen molar-refractivity contribution in [3.05, 3.63) is 35.9 Å². The summed E-state index contributed by atoms with van der Waals surface area (Å²) in [5.41, 5.74) is 1.40. The van der Waals surface area contributed by atoms with Gasteiger partial charge in [-0.1, -0.05) is 30.3 Å². The second-order valence-electron chi connectivity index (χ2n) is 6.11. The maximum Gasteiger partial charge on any atom is 0.223 e. The van der Waals surface area contributed by atoms with Crippen LogP contribution in [-0.4, -0.2) is 40.4 Å². The Morgan fingerprint density at radius 3 is 2.74 bits per heavy atom. The fourth-order valence-electron chi connectivity index (χ4n) is 4.24. The highest BCUT2D eigenvalue weighted by Gasteiger charge is 2.49. The summed E-state index contributed by atoms with van der Waals surface area (Å²) in [7, 11) is 0. The predicted octanol–water partition coefficient (Wildman–Crippen LogP) is 2.02. The van der Waals surface area contributed by atoms with Crippen molar-refractivity contribution in [3.63, 3.8) is 0 Å². The molecule has 2 bridgehead atoms. The average molecular weight is 256 g/mol. The summed E-state index contributed by atoms with van der Waals surface area (Å²) in [5, 5.41) is 0. The molecule has 0 saturated carbocycles. The number of amides is 1. The maximum atomic E-state index is 11.9. The third-order valence-electron chi connectivity index (χ3n) is 5.12. The summed E-state index contributed by atoms with van der Waals surface area (Å²) in [6.45, 7) is 2.02. The molecular formula is C16H20N2O. The number of benzene rings is 1. The van der Waals surface area contributed by atoms with Crippen LogP contribution in [0.15, 0.2) is 30.3 Å². The van der Waals surface area contributed by atoms with Crippen molar-refractivity contribution in [1.82, 2.24) is 9.80 Å². The molecule has 3 heterocycles. The highest BCUT2D eigenvalue weighted by molar-refractivity contribution is 5.79. The van der Waals surface area contributed by atoms with Crippen molar-refractivity contribution >= 4 is 5.91 Å². The van der Waals surface area contributed by atoms with Crippen molar-refractivity contribution in [2.45, 2.75) is 50.4 Å². The van der Waals surface area contributed by atoms with E-state index >= 15 is 0 Å². The number of nitrogens with zero attached hydrogens (tertiary/aromatic N) is 2. The molecule has 3 heteroatoms. The summed E-state index contributed by atoms with van der Waals surface area (Å²) in [5.74, 6) is 0.390. The van der Waals surface area contributed by atoms with Crippen LogP contribution in [0, 0.1) is 0 Å². The molecular weight excluding hydrogens is 236 g/mol. The summed E-state index contributed by atoms with van der Waals surface area (Å²) >= 11 is 0. The molecule has 3 aliphatic heterocycles. The minimum atomic E-state index is 0.390. The molecule has 1 amide bonds. The van der Waals surface area contributed by atoms with Crippen LogP contribution in [0.1, 0.15) is 31.2 Å². The normalized spacial score (nSPS) is 33.8. The molecule has 1 aromatic rings. The lowest BCUT2D eigenvalue weighted by atomic mass is 10.0. The molecule has 3 aliphatic rings. The van der Waals surface area contributed by atoms with E-state index in [9.17, 15) is 4.79 Å². The van der Waals surface area contributed by atoms with E-state index < -0.39 is 0 Å². The molecule has 1 unspecified atom stereocenters. The zero-order chi connectivity index (χ0) is 12.8. The van der Waals surface area contributed by atoms with Crippen molar-refractivity contribution in [3.8, 4) is 0 Å². The van der Waals surface area contributed by atoms with Gasteiger partial charge in [0.15, 0.2) is 0 Å². The molecule has 0 N–H and O–H groups in total. The quantitative estimate of drug-likeness (QED) is 0.808. The first-order chi connectivity index (χ1) is 9.33. The second kappa shape index (κ2) is 4.34. The Morgan fingerprint density at radius 1 is 1.05 bits per heavy atom. The molecule has 4 rings (SSSR count). The lowest BCUT2D eigenvalue weighted by molar-refractivity contribution is -0.132. The summed E-state index contributed by atoms with van der Waals surface area (Å²) in [4.78, 5) is 16.7. The van der Waals surface area contributed by atoms with Crippen LogP contribution in [0.2, 0.25) is 0 Å². The number of carbonyl (C=O) groups excluding carboxylic acids is 1. The standard InChI is InChI=1S/C16H20N2O/c19-16-9-8-15-14-7-6-13(11-18(15)16)17(14)10-12-4-2-1-3-5-12/h1-5,13-15H,6-11H2/t13-,14+,15?/m0/s1. The third-order valence-corrected chi connectivity index (χ3v) is 5.12. The molecule has 3 nitrogen and oxygen atoms in total. The smallest absolute Gasteiger partial charge is 0.223 e. The van der Waals surface area contributed by atoms with Crippen molar-refractivity contribution in [2.24, 2.45) is 0 Å². The van der Waals surface area contributed by atoms with Gasteiger partial charge in [0, 0.05) is 37.6 Å². The zero-order valence-corrected chi connectivity index (χ0v) is 11.2. The number of fused-ring (bicyclic) bond motifs is 4. The van der Waals surface area contributed by atoms with Crippen LogP contribution < -0.4 is 0 Å². The first kappa shape index (κ1) is 11.5. The third kappa shape index (κ3) is 1.79. The lowest BCUT2D eigenvalue weighted by Crippen LogP contribution is -2.57.